The average molecular weight is 414 g/mol. The molecule has 0 saturated carbocycles. The first-order valence-corrected chi connectivity index (χ1v) is 10.3. The van der Waals surface area contributed by atoms with Crippen LogP contribution in [0.15, 0.2) is 48.5 Å². The molecule has 0 unspecified atom stereocenters. The van der Waals surface area contributed by atoms with Gasteiger partial charge in [0.05, 0.1) is 17.5 Å². The number of carbonyl (C=O) groups is 1. The maximum Gasteiger partial charge on any atom is 0.416 e. The summed E-state index contributed by atoms with van der Waals surface area (Å²) >= 11 is 0. The molecule has 1 N–H and O–H groups in total. The maximum absolute atomic E-state index is 12.7. The number of nitrogens with one attached hydrogen (secondary N) is 1. The Morgan fingerprint density at radius 2 is 1.57 bits per heavy atom. The molecule has 0 aliphatic heterocycles. The van der Waals surface area contributed by atoms with E-state index >= 15 is 0 Å². The number of alkyl halides is 3. The molecule has 0 saturated heterocycles. The van der Waals surface area contributed by atoms with Crippen LogP contribution in [0, 0.1) is 0 Å². The Morgan fingerprint density at radius 3 is 2.00 bits per heavy atom. The molecule has 9 heteroatoms. The monoisotopic (exact) mass is 414 g/mol. The van der Waals surface area contributed by atoms with Crippen molar-refractivity contribution in [2.24, 2.45) is 0 Å². The number of nitrogens with zero attached hydrogens (tertiary/aromatic N) is 1. The van der Waals surface area contributed by atoms with Crippen LogP contribution in [0.2, 0.25) is 0 Å². The fourth-order valence-corrected chi connectivity index (χ4v) is 3.36. The molecule has 0 radical (unpaired) electrons. The number of amides is 1. The van der Waals surface area contributed by atoms with E-state index < -0.39 is 34.2 Å². The number of rotatable bonds is 6. The molecule has 2 aromatic carbocycles. The molecular weight excluding hydrogens is 393 g/mol. The van der Waals surface area contributed by atoms with Crippen LogP contribution in [0.1, 0.15) is 30.9 Å². The van der Waals surface area contributed by atoms with Gasteiger partial charge in [0.15, 0.2) is 0 Å². The maximum atomic E-state index is 12.7. The van der Waals surface area contributed by atoms with E-state index in [1.807, 2.05) is 26.0 Å². The van der Waals surface area contributed by atoms with Crippen LogP contribution >= 0.6 is 0 Å². The Balaban J connectivity index is 2.17. The van der Waals surface area contributed by atoms with Crippen molar-refractivity contribution in [1.82, 2.24) is 0 Å². The zero-order valence-electron chi connectivity index (χ0n) is 15.6. The van der Waals surface area contributed by atoms with E-state index in [0.717, 1.165) is 40.4 Å². The predicted octanol–water partition coefficient (Wildman–Crippen LogP) is 4.23. The summed E-state index contributed by atoms with van der Waals surface area (Å²) in [6, 6.07) is 10.7. The Hall–Kier alpha value is -2.55. The lowest BCUT2D eigenvalue weighted by molar-refractivity contribution is -0.137. The summed E-state index contributed by atoms with van der Waals surface area (Å²) in [7, 11) is -3.88. The highest BCUT2D eigenvalue weighted by Gasteiger charge is 2.30. The first kappa shape index (κ1) is 21.7. The van der Waals surface area contributed by atoms with E-state index in [0.29, 0.717) is 11.6 Å². The van der Waals surface area contributed by atoms with Crippen molar-refractivity contribution in [3.8, 4) is 0 Å². The molecule has 2 rings (SSSR count). The van der Waals surface area contributed by atoms with Crippen molar-refractivity contribution in [3.05, 3.63) is 59.7 Å². The van der Waals surface area contributed by atoms with E-state index in [9.17, 15) is 26.4 Å². The molecule has 0 aliphatic rings. The van der Waals surface area contributed by atoms with Gasteiger partial charge in [-0.05, 0) is 47.9 Å². The molecule has 0 heterocycles. The molecule has 0 aromatic heterocycles. The van der Waals surface area contributed by atoms with Crippen molar-refractivity contribution in [3.63, 3.8) is 0 Å². The van der Waals surface area contributed by atoms with Crippen LogP contribution in [0.4, 0.5) is 24.5 Å². The predicted molar refractivity (Wildman–Crippen MR) is 103 cm³/mol. The van der Waals surface area contributed by atoms with Gasteiger partial charge in [0.25, 0.3) is 0 Å². The molecule has 0 fully saturated rings. The topological polar surface area (TPSA) is 66.5 Å². The minimum Gasteiger partial charge on any atom is -0.325 e. The van der Waals surface area contributed by atoms with E-state index in [1.165, 1.54) is 0 Å². The van der Waals surface area contributed by atoms with Gasteiger partial charge in [0.2, 0.25) is 15.9 Å². The molecule has 0 bridgehead atoms. The van der Waals surface area contributed by atoms with Crippen LogP contribution in [0.5, 0.6) is 0 Å². The minimum absolute atomic E-state index is 0.0270. The van der Waals surface area contributed by atoms with Gasteiger partial charge >= 0.3 is 6.18 Å². The molecule has 152 valence electrons. The molecule has 0 aliphatic carbocycles. The van der Waals surface area contributed by atoms with Crippen molar-refractivity contribution in [1.29, 1.82) is 0 Å². The molecule has 0 spiro atoms. The number of benzene rings is 2. The van der Waals surface area contributed by atoms with E-state index in [-0.39, 0.29) is 5.69 Å². The Morgan fingerprint density at radius 1 is 1.04 bits per heavy atom. The van der Waals surface area contributed by atoms with Gasteiger partial charge in [-0.15, -0.1) is 0 Å². The third-order valence-electron chi connectivity index (χ3n) is 4.03. The highest BCUT2D eigenvalue weighted by atomic mass is 32.2. The highest BCUT2D eigenvalue weighted by Crippen LogP contribution is 2.31. The van der Waals surface area contributed by atoms with Gasteiger partial charge in [-0.3, -0.25) is 9.10 Å². The van der Waals surface area contributed by atoms with Gasteiger partial charge in [-0.25, -0.2) is 8.42 Å². The number of hydrogen-bond acceptors (Lipinski definition) is 3. The van der Waals surface area contributed by atoms with Gasteiger partial charge < -0.3 is 5.32 Å². The summed E-state index contributed by atoms with van der Waals surface area (Å²) in [4.78, 5) is 12.3. The first-order chi connectivity index (χ1) is 12.9. The van der Waals surface area contributed by atoms with Crippen molar-refractivity contribution < 1.29 is 26.4 Å². The van der Waals surface area contributed by atoms with Crippen molar-refractivity contribution in [2.75, 3.05) is 22.4 Å². The summed E-state index contributed by atoms with van der Waals surface area (Å²) in [6.45, 7) is 3.50. The number of anilines is 2. The molecule has 2 aromatic rings. The second-order valence-corrected chi connectivity index (χ2v) is 8.55. The lowest BCUT2D eigenvalue weighted by atomic mass is 10.0. The highest BCUT2D eigenvalue weighted by molar-refractivity contribution is 7.92. The summed E-state index contributed by atoms with van der Waals surface area (Å²) in [6.07, 6.45) is -3.65. The fraction of sp³-hybridized carbons (Fsp3) is 0.316. The molecule has 1 amide bonds. The second-order valence-electron chi connectivity index (χ2n) is 6.64. The molecule has 0 atom stereocenters. The summed E-state index contributed by atoms with van der Waals surface area (Å²) < 4.78 is 62.9. The Labute approximate surface area is 162 Å². The van der Waals surface area contributed by atoms with E-state index in [2.05, 4.69) is 5.32 Å². The summed E-state index contributed by atoms with van der Waals surface area (Å²) in [5.41, 5.74) is 0.649. The first-order valence-electron chi connectivity index (χ1n) is 8.42. The van der Waals surface area contributed by atoms with Crippen LogP contribution < -0.4 is 9.62 Å². The van der Waals surface area contributed by atoms with Crippen LogP contribution in [-0.2, 0) is 21.0 Å². The van der Waals surface area contributed by atoms with Crippen LogP contribution in [0.25, 0.3) is 0 Å². The van der Waals surface area contributed by atoms with Gasteiger partial charge in [0.1, 0.15) is 6.54 Å². The third-order valence-corrected chi connectivity index (χ3v) is 5.17. The summed E-state index contributed by atoms with van der Waals surface area (Å²) in [5, 5.41) is 2.59. The lowest BCUT2D eigenvalue weighted by Gasteiger charge is -2.22. The standard InChI is InChI=1S/C19H21F3N2O3S/c1-13(2)14-4-8-16(9-5-14)23-18(25)12-24(28(3,26)27)17-10-6-15(7-11-17)19(20,21)22/h4-11,13H,12H2,1-3H3,(H,23,25). The van der Waals surface area contributed by atoms with Gasteiger partial charge in [-0.2, -0.15) is 13.2 Å². The van der Waals surface area contributed by atoms with Gasteiger partial charge in [0, 0.05) is 5.69 Å². The lowest BCUT2D eigenvalue weighted by Crippen LogP contribution is -2.37. The second kappa shape index (κ2) is 8.22. The smallest absolute Gasteiger partial charge is 0.325 e. The van der Waals surface area contributed by atoms with Crippen molar-refractivity contribution in [2.45, 2.75) is 25.9 Å². The fourth-order valence-electron chi connectivity index (χ4n) is 2.50. The van der Waals surface area contributed by atoms with Crippen LogP contribution in [-0.4, -0.2) is 27.1 Å². The molecule has 5 nitrogen and oxygen atoms in total. The largest absolute Gasteiger partial charge is 0.416 e. The summed E-state index contributed by atoms with van der Waals surface area (Å²) in [5.74, 6) is -0.284. The zero-order valence-corrected chi connectivity index (χ0v) is 16.4. The number of halogens is 3. The van der Waals surface area contributed by atoms with Gasteiger partial charge in [-0.1, -0.05) is 26.0 Å². The number of sulfonamides is 1. The Kier molecular flexibility index (Phi) is 6.38. The Bertz CT molecular complexity index is 922. The van der Waals surface area contributed by atoms with Crippen LogP contribution in [0.3, 0.4) is 0 Å². The minimum atomic E-state index is -4.53. The normalized spacial score (nSPS) is 12.1. The molecule has 28 heavy (non-hydrogen) atoms. The SMILES string of the molecule is CC(C)c1ccc(NC(=O)CN(c2ccc(C(F)(F)F)cc2)S(C)(=O)=O)cc1. The molecular formula is C19H21F3N2O3S. The van der Waals surface area contributed by atoms with Crippen molar-refractivity contribution >= 4 is 27.3 Å². The number of hydrogen-bond donors (Lipinski definition) is 1. The van der Waals surface area contributed by atoms with E-state index in [4.69, 9.17) is 0 Å². The quantitative estimate of drug-likeness (QED) is 0.769. The average Bonchev–Trinajstić information content (AvgIpc) is 2.58. The number of carbonyl (C=O) groups excluding carboxylic acids is 1. The van der Waals surface area contributed by atoms with E-state index in [1.54, 1.807) is 12.1 Å². The third kappa shape index (κ3) is 5.72. The zero-order chi connectivity index (χ0) is 21.1.